The number of hydrogen-bond donors (Lipinski definition) is 0. The Labute approximate surface area is 153 Å². The summed E-state index contributed by atoms with van der Waals surface area (Å²) in [6.45, 7) is 0.579. The van der Waals surface area contributed by atoms with Crippen molar-refractivity contribution in [1.29, 1.82) is 0 Å². The van der Waals surface area contributed by atoms with Crippen LogP contribution >= 0.6 is 23.4 Å². The first-order chi connectivity index (χ1) is 11.8. The summed E-state index contributed by atoms with van der Waals surface area (Å²) in [7, 11) is 0. The summed E-state index contributed by atoms with van der Waals surface area (Å²) in [6, 6.07) is 12.2. The number of nitrogens with zero attached hydrogens (tertiary/aromatic N) is 1. The molecule has 0 bridgehead atoms. The molecule has 1 aliphatic rings. The van der Waals surface area contributed by atoms with Gasteiger partial charge in [-0.2, -0.15) is 13.2 Å². The van der Waals surface area contributed by atoms with E-state index >= 15 is 0 Å². The largest absolute Gasteiger partial charge is 0.416 e. The summed E-state index contributed by atoms with van der Waals surface area (Å²) in [5, 5.41) is 0.490. The third-order valence-electron chi connectivity index (χ3n) is 3.98. The van der Waals surface area contributed by atoms with Crippen LogP contribution in [-0.2, 0) is 17.4 Å². The zero-order valence-electron chi connectivity index (χ0n) is 13.1. The highest BCUT2D eigenvalue weighted by Crippen LogP contribution is 2.38. The zero-order chi connectivity index (χ0) is 18.0. The fourth-order valence-electron chi connectivity index (χ4n) is 2.76. The van der Waals surface area contributed by atoms with Crippen molar-refractivity contribution < 1.29 is 18.0 Å². The van der Waals surface area contributed by atoms with Crippen molar-refractivity contribution in [3.8, 4) is 0 Å². The maximum absolute atomic E-state index is 12.8. The van der Waals surface area contributed by atoms with Crippen LogP contribution in [0.5, 0.6) is 0 Å². The average Bonchev–Trinajstić information content (AvgIpc) is 3.05. The Bertz CT molecular complexity index is 764. The predicted molar refractivity (Wildman–Crippen MR) is 93.5 cm³/mol. The Kier molecular flexibility index (Phi) is 5.29. The van der Waals surface area contributed by atoms with E-state index < -0.39 is 11.7 Å². The van der Waals surface area contributed by atoms with E-state index in [9.17, 15) is 18.0 Å². The highest BCUT2D eigenvalue weighted by Gasteiger charge is 2.32. The number of benzene rings is 2. The predicted octanol–water partition coefficient (Wildman–Crippen LogP) is 5.18. The maximum atomic E-state index is 12.8. The summed E-state index contributed by atoms with van der Waals surface area (Å²) in [6.07, 6.45) is -4.46. The molecule has 0 aromatic heterocycles. The van der Waals surface area contributed by atoms with Gasteiger partial charge < -0.3 is 4.90 Å². The molecule has 0 aliphatic carbocycles. The second-order valence-electron chi connectivity index (χ2n) is 5.74. The molecule has 25 heavy (non-hydrogen) atoms. The minimum atomic E-state index is -4.41. The average molecular weight is 386 g/mol. The van der Waals surface area contributed by atoms with Crippen LogP contribution in [0.15, 0.2) is 48.5 Å². The number of carbonyl (C=O) groups excluding carboxylic acids is 1. The van der Waals surface area contributed by atoms with Gasteiger partial charge in [0.15, 0.2) is 0 Å². The fraction of sp³-hybridized carbons (Fsp3) is 0.278. The van der Waals surface area contributed by atoms with Crippen LogP contribution in [0.25, 0.3) is 0 Å². The van der Waals surface area contributed by atoms with Crippen LogP contribution in [0.2, 0.25) is 5.02 Å². The molecule has 0 saturated carbocycles. The van der Waals surface area contributed by atoms with Crippen LogP contribution in [0.3, 0.4) is 0 Å². The summed E-state index contributed by atoms with van der Waals surface area (Å²) in [4.78, 5) is 14.3. The Morgan fingerprint density at radius 3 is 2.60 bits per heavy atom. The SMILES string of the molecule is O=C(Cc1cccc(C(F)(F)F)c1)N1CCSC1c1ccc(Cl)cc1. The lowest BCUT2D eigenvalue weighted by Crippen LogP contribution is -2.31. The van der Waals surface area contributed by atoms with Crippen LogP contribution in [-0.4, -0.2) is 23.1 Å². The number of hydrogen-bond acceptors (Lipinski definition) is 2. The number of halogens is 4. The van der Waals surface area contributed by atoms with E-state index in [4.69, 9.17) is 11.6 Å². The monoisotopic (exact) mass is 385 g/mol. The van der Waals surface area contributed by atoms with Crippen molar-refractivity contribution in [1.82, 2.24) is 4.90 Å². The molecule has 0 radical (unpaired) electrons. The molecule has 1 amide bonds. The van der Waals surface area contributed by atoms with Crippen molar-refractivity contribution in [3.05, 3.63) is 70.2 Å². The van der Waals surface area contributed by atoms with Gasteiger partial charge in [-0.1, -0.05) is 41.9 Å². The topological polar surface area (TPSA) is 20.3 Å². The zero-order valence-corrected chi connectivity index (χ0v) is 14.7. The molecule has 2 aromatic carbocycles. The maximum Gasteiger partial charge on any atom is 0.416 e. The number of thioether (sulfide) groups is 1. The standard InChI is InChI=1S/C18H15ClF3NOS/c19-15-6-4-13(5-7-15)17-23(8-9-25-17)16(24)11-12-2-1-3-14(10-12)18(20,21)22/h1-7,10,17H,8-9,11H2. The highest BCUT2D eigenvalue weighted by atomic mass is 35.5. The second-order valence-corrected chi connectivity index (χ2v) is 7.36. The van der Waals surface area contributed by atoms with E-state index in [-0.39, 0.29) is 17.7 Å². The van der Waals surface area contributed by atoms with Crippen molar-refractivity contribution in [2.24, 2.45) is 0 Å². The summed E-state index contributed by atoms with van der Waals surface area (Å²) >= 11 is 7.53. The van der Waals surface area contributed by atoms with Gasteiger partial charge in [-0.05, 0) is 29.3 Å². The normalized spacial score (nSPS) is 17.8. The van der Waals surface area contributed by atoms with Crippen molar-refractivity contribution in [3.63, 3.8) is 0 Å². The van der Waals surface area contributed by atoms with Gasteiger partial charge in [0.25, 0.3) is 0 Å². The van der Waals surface area contributed by atoms with Crippen LogP contribution in [0.4, 0.5) is 13.2 Å². The van der Waals surface area contributed by atoms with Crippen LogP contribution in [0, 0.1) is 0 Å². The smallest absolute Gasteiger partial charge is 0.325 e. The number of rotatable bonds is 3. The minimum Gasteiger partial charge on any atom is -0.325 e. The number of carbonyl (C=O) groups is 1. The van der Waals surface area contributed by atoms with Gasteiger partial charge in [-0.25, -0.2) is 0 Å². The fourth-order valence-corrected chi connectivity index (χ4v) is 4.17. The third-order valence-corrected chi connectivity index (χ3v) is 5.49. The minimum absolute atomic E-state index is 0.0471. The second kappa shape index (κ2) is 7.30. The molecule has 2 aromatic rings. The summed E-state index contributed by atoms with van der Waals surface area (Å²) in [5.74, 6) is 0.617. The van der Waals surface area contributed by atoms with Gasteiger partial charge in [0.05, 0.1) is 12.0 Å². The van der Waals surface area contributed by atoms with Gasteiger partial charge in [-0.3, -0.25) is 4.79 Å². The van der Waals surface area contributed by atoms with E-state index in [1.807, 2.05) is 12.1 Å². The summed E-state index contributed by atoms with van der Waals surface area (Å²) in [5.41, 5.74) is 0.596. The van der Waals surface area contributed by atoms with Crippen molar-refractivity contribution in [2.75, 3.05) is 12.3 Å². The van der Waals surface area contributed by atoms with Gasteiger partial charge in [0.1, 0.15) is 5.37 Å². The molecule has 1 unspecified atom stereocenters. The Hall–Kier alpha value is -1.66. The van der Waals surface area contributed by atoms with E-state index in [1.54, 1.807) is 34.9 Å². The Morgan fingerprint density at radius 1 is 1.20 bits per heavy atom. The van der Waals surface area contributed by atoms with Gasteiger partial charge in [-0.15, -0.1) is 11.8 Å². The first-order valence-corrected chi connectivity index (χ1v) is 9.10. The molecule has 1 aliphatic heterocycles. The molecule has 1 saturated heterocycles. The molecule has 1 fully saturated rings. The molecular formula is C18H15ClF3NOS. The van der Waals surface area contributed by atoms with E-state index in [2.05, 4.69) is 0 Å². The van der Waals surface area contributed by atoms with Crippen molar-refractivity contribution >= 4 is 29.3 Å². The molecule has 7 heteroatoms. The number of amides is 1. The van der Waals surface area contributed by atoms with Crippen LogP contribution < -0.4 is 0 Å². The van der Waals surface area contributed by atoms with E-state index in [0.29, 0.717) is 17.1 Å². The van der Waals surface area contributed by atoms with Crippen LogP contribution in [0.1, 0.15) is 22.1 Å². The molecule has 132 valence electrons. The van der Waals surface area contributed by atoms with E-state index in [0.717, 1.165) is 23.4 Å². The molecular weight excluding hydrogens is 371 g/mol. The third kappa shape index (κ3) is 4.30. The van der Waals surface area contributed by atoms with Crippen molar-refractivity contribution in [2.45, 2.75) is 18.0 Å². The van der Waals surface area contributed by atoms with Gasteiger partial charge in [0.2, 0.25) is 5.91 Å². The Morgan fingerprint density at radius 2 is 1.92 bits per heavy atom. The van der Waals surface area contributed by atoms with E-state index in [1.165, 1.54) is 6.07 Å². The van der Waals surface area contributed by atoms with Gasteiger partial charge in [0, 0.05) is 17.3 Å². The molecule has 1 atom stereocenters. The molecule has 3 rings (SSSR count). The number of alkyl halides is 3. The molecule has 0 N–H and O–H groups in total. The lowest BCUT2D eigenvalue weighted by Gasteiger charge is -2.24. The summed E-state index contributed by atoms with van der Waals surface area (Å²) < 4.78 is 38.4. The molecule has 0 spiro atoms. The first kappa shape index (κ1) is 18.1. The molecule has 1 heterocycles. The lowest BCUT2D eigenvalue weighted by atomic mass is 10.1. The first-order valence-electron chi connectivity index (χ1n) is 7.67. The quantitative estimate of drug-likeness (QED) is 0.726. The lowest BCUT2D eigenvalue weighted by molar-refractivity contribution is -0.138. The van der Waals surface area contributed by atoms with Gasteiger partial charge >= 0.3 is 6.18 Å². The highest BCUT2D eigenvalue weighted by molar-refractivity contribution is 7.99. The Balaban J connectivity index is 1.75. The molecule has 2 nitrogen and oxygen atoms in total.